The number of rotatable bonds is 2. The van der Waals surface area contributed by atoms with Gasteiger partial charge in [-0.25, -0.2) is 17.9 Å². The van der Waals surface area contributed by atoms with Gasteiger partial charge in [-0.05, 0) is 41.5 Å². The molecule has 0 aromatic heterocycles. The van der Waals surface area contributed by atoms with E-state index in [1.165, 1.54) is 6.26 Å². The zero-order valence-electron chi connectivity index (χ0n) is 17.7. The quantitative estimate of drug-likeness (QED) is 0.747. The summed E-state index contributed by atoms with van der Waals surface area (Å²) in [5, 5.41) is 2.96. The Morgan fingerprint density at radius 2 is 2.00 bits per heavy atom. The average Bonchev–Trinajstić information content (AvgIpc) is 3.11. The van der Waals surface area contributed by atoms with Gasteiger partial charge in [0.25, 0.3) is 0 Å². The maximum absolute atomic E-state index is 12.8. The number of carbonyl (C=O) groups is 1. The molecule has 31 heavy (non-hydrogen) atoms. The first-order chi connectivity index (χ1) is 14.9. The molecule has 0 radical (unpaired) electrons. The minimum atomic E-state index is -3.38. The van der Waals surface area contributed by atoms with Crippen LogP contribution < -0.4 is 10.0 Å². The summed E-state index contributed by atoms with van der Waals surface area (Å²) in [5.41, 5.74) is 4.40. The molecule has 2 bridgehead atoms. The maximum atomic E-state index is 12.8. The van der Waals surface area contributed by atoms with E-state index in [0.29, 0.717) is 45.6 Å². The highest BCUT2D eigenvalue weighted by Gasteiger charge is 2.38. The number of amides is 2. The summed E-state index contributed by atoms with van der Waals surface area (Å²) in [6.07, 6.45) is 3.05. The SMILES string of the molecule is CS(=O)(=O)NC1CCN2C(=O)NCCCOCc3ccccc3-c3cccc(c3)CC12. The van der Waals surface area contributed by atoms with Gasteiger partial charge < -0.3 is 15.0 Å². The van der Waals surface area contributed by atoms with Crippen LogP contribution in [0, 0.1) is 0 Å². The van der Waals surface area contributed by atoms with Gasteiger partial charge >= 0.3 is 6.03 Å². The van der Waals surface area contributed by atoms with E-state index < -0.39 is 10.0 Å². The second-order valence-corrected chi connectivity index (χ2v) is 10.0. The van der Waals surface area contributed by atoms with Gasteiger partial charge in [0.1, 0.15) is 0 Å². The lowest BCUT2D eigenvalue weighted by molar-refractivity contribution is 0.118. The van der Waals surface area contributed by atoms with E-state index in [2.05, 4.69) is 34.3 Å². The number of fused-ring (bicyclic) bond motifs is 5. The Bertz CT molecular complexity index is 1040. The van der Waals surface area contributed by atoms with Gasteiger partial charge in [0.2, 0.25) is 10.0 Å². The second kappa shape index (κ2) is 9.38. The molecule has 8 heteroatoms. The summed E-state index contributed by atoms with van der Waals surface area (Å²) in [5.74, 6) is 0. The van der Waals surface area contributed by atoms with Crippen LogP contribution in [-0.2, 0) is 27.8 Å². The minimum absolute atomic E-state index is 0.155. The Kier molecular flexibility index (Phi) is 6.60. The van der Waals surface area contributed by atoms with Crippen LogP contribution in [0.1, 0.15) is 24.0 Å². The normalized spacial score (nSPS) is 22.6. The lowest BCUT2D eigenvalue weighted by Gasteiger charge is -2.29. The molecule has 0 saturated carbocycles. The fraction of sp³-hybridized carbons (Fsp3) is 0.435. The summed E-state index contributed by atoms with van der Waals surface area (Å²) >= 11 is 0. The van der Waals surface area contributed by atoms with E-state index in [1.807, 2.05) is 24.3 Å². The highest BCUT2D eigenvalue weighted by atomic mass is 32.2. The van der Waals surface area contributed by atoms with Gasteiger partial charge in [-0.2, -0.15) is 0 Å². The molecule has 2 amide bonds. The zero-order chi connectivity index (χ0) is 21.8. The number of ether oxygens (including phenoxy) is 1. The Balaban J connectivity index is 1.69. The Hall–Kier alpha value is -2.42. The predicted molar refractivity (Wildman–Crippen MR) is 120 cm³/mol. The third kappa shape index (κ3) is 5.44. The molecule has 166 valence electrons. The lowest BCUT2D eigenvalue weighted by Crippen LogP contribution is -2.50. The average molecular weight is 444 g/mol. The summed E-state index contributed by atoms with van der Waals surface area (Å²) in [6, 6.07) is 15.7. The summed E-state index contributed by atoms with van der Waals surface area (Å²) in [7, 11) is -3.38. The van der Waals surface area contributed by atoms with Crippen molar-refractivity contribution in [1.29, 1.82) is 0 Å². The Morgan fingerprint density at radius 3 is 2.84 bits per heavy atom. The molecular formula is C23H29N3O4S. The van der Waals surface area contributed by atoms with Crippen LogP contribution in [-0.4, -0.2) is 57.4 Å². The summed E-state index contributed by atoms with van der Waals surface area (Å²) in [4.78, 5) is 14.6. The van der Waals surface area contributed by atoms with Gasteiger partial charge in [0, 0.05) is 25.7 Å². The Morgan fingerprint density at radius 1 is 1.16 bits per heavy atom. The van der Waals surface area contributed by atoms with Crippen LogP contribution in [0.25, 0.3) is 11.1 Å². The number of benzene rings is 2. The van der Waals surface area contributed by atoms with E-state index in [-0.39, 0.29) is 18.1 Å². The number of hydrogen-bond donors (Lipinski definition) is 2. The summed E-state index contributed by atoms with van der Waals surface area (Å²) in [6.45, 7) is 2.10. The largest absolute Gasteiger partial charge is 0.377 e. The Labute approximate surface area is 183 Å². The van der Waals surface area contributed by atoms with Crippen molar-refractivity contribution < 1.29 is 17.9 Å². The third-order valence-corrected chi connectivity index (χ3v) is 6.60. The maximum Gasteiger partial charge on any atom is 0.317 e. The van der Waals surface area contributed by atoms with Crippen molar-refractivity contribution in [3.8, 4) is 11.1 Å². The molecule has 2 atom stereocenters. The number of urea groups is 1. The van der Waals surface area contributed by atoms with Crippen molar-refractivity contribution in [2.45, 2.75) is 38.0 Å². The zero-order valence-corrected chi connectivity index (χ0v) is 18.5. The molecule has 4 rings (SSSR count). The van der Waals surface area contributed by atoms with Gasteiger partial charge in [0.15, 0.2) is 0 Å². The van der Waals surface area contributed by atoms with Crippen molar-refractivity contribution in [3.05, 3.63) is 59.7 Å². The number of nitrogens with zero attached hydrogens (tertiary/aromatic N) is 1. The van der Waals surface area contributed by atoms with E-state index in [9.17, 15) is 13.2 Å². The highest BCUT2D eigenvalue weighted by molar-refractivity contribution is 7.88. The van der Waals surface area contributed by atoms with Crippen LogP contribution in [0.5, 0.6) is 0 Å². The molecule has 1 saturated heterocycles. The van der Waals surface area contributed by atoms with Crippen LogP contribution >= 0.6 is 0 Å². The second-order valence-electron chi connectivity index (χ2n) is 8.25. The molecular weight excluding hydrogens is 414 g/mol. The third-order valence-electron chi connectivity index (χ3n) is 5.87. The number of nitrogens with one attached hydrogen (secondary N) is 2. The van der Waals surface area contributed by atoms with Gasteiger partial charge in [-0.3, -0.25) is 0 Å². The monoisotopic (exact) mass is 443 g/mol. The van der Waals surface area contributed by atoms with Gasteiger partial charge in [-0.1, -0.05) is 48.5 Å². The van der Waals surface area contributed by atoms with E-state index in [4.69, 9.17) is 4.74 Å². The molecule has 0 spiro atoms. The number of carbonyl (C=O) groups excluding carboxylic acids is 1. The molecule has 7 nitrogen and oxygen atoms in total. The molecule has 2 unspecified atom stereocenters. The van der Waals surface area contributed by atoms with Crippen molar-refractivity contribution in [1.82, 2.24) is 14.9 Å². The van der Waals surface area contributed by atoms with Gasteiger partial charge in [0.05, 0.1) is 18.9 Å². The first-order valence-corrected chi connectivity index (χ1v) is 12.6. The van der Waals surface area contributed by atoms with Gasteiger partial charge in [-0.15, -0.1) is 0 Å². The van der Waals surface area contributed by atoms with Crippen LogP contribution in [0.4, 0.5) is 4.79 Å². The van der Waals surface area contributed by atoms with E-state index >= 15 is 0 Å². The molecule has 2 aromatic carbocycles. The van der Waals surface area contributed by atoms with E-state index in [1.54, 1.807) is 4.90 Å². The van der Waals surface area contributed by atoms with Crippen LogP contribution in [0.15, 0.2) is 48.5 Å². The van der Waals surface area contributed by atoms with Crippen molar-refractivity contribution in [3.63, 3.8) is 0 Å². The van der Waals surface area contributed by atoms with Crippen molar-refractivity contribution in [2.75, 3.05) is 26.0 Å². The molecule has 2 heterocycles. The molecule has 2 N–H and O–H groups in total. The van der Waals surface area contributed by atoms with Crippen molar-refractivity contribution in [2.24, 2.45) is 0 Å². The topological polar surface area (TPSA) is 87.7 Å². The minimum Gasteiger partial charge on any atom is -0.377 e. The lowest BCUT2D eigenvalue weighted by atomic mass is 9.95. The first kappa shape index (κ1) is 21.8. The van der Waals surface area contributed by atoms with Crippen molar-refractivity contribution >= 4 is 16.1 Å². The van der Waals surface area contributed by atoms with Crippen LogP contribution in [0.2, 0.25) is 0 Å². The molecule has 1 fully saturated rings. The summed E-state index contributed by atoms with van der Waals surface area (Å²) < 4.78 is 32.4. The molecule has 2 aromatic rings. The predicted octanol–water partition coefficient (Wildman–Crippen LogP) is 2.52. The number of sulfonamides is 1. The smallest absolute Gasteiger partial charge is 0.317 e. The molecule has 2 aliphatic heterocycles. The van der Waals surface area contributed by atoms with Crippen LogP contribution in [0.3, 0.4) is 0 Å². The van der Waals surface area contributed by atoms with E-state index in [0.717, 1.165) is 22.3 Å². The standard InChI is InChI=1S/C23H29N3O4S/c1-31(28,29)25-21-10-12-26-22(21)15-17-6-4-8-18(14-17)20-9-3-2-7-19(20)16-30-13-5-11-24-23(26)27/h2-4,6-9,14,21-22,25H,5,10-13,15-16H2,1H3,(H,24,27). The fourth-order valence-electron chi connectivity index (χ4n) is 4.46. The molecule has 0 aliphatic carbocycles. The first-order valence-electron chi connectivity index (χ1n) is 10.7. The fourth-order valence-corrected chi connectivity index (χ4v) is 5.28. The molecule has 2 aliphatic rings. The highest BCUT2D eigenvalue weighted by Crippen LogP contribution is 2.28. The number of hydrogen-bond acceptors (Lipinski definition) is 4.